The number of hydrogen-bond donors (Lipinski definition) is 4. The summed E-state index contributed by atoms with van der Waals surface area (Å²) < 4.78 is 19.6. The molecule has 18 nitrogen and oxygen atoms in total. The Morgan fingerprint density at radius 3 is 1.92 bits per heavy atom. The summed E-state index contributed by atoms with van der Waals surface area (Å²) in [7, 11) is 0. The molecule has 8 heterocycles. The van der Waals surface area contributed by atoms with Crippen LogP contribution in [0, 0.1) is 13.8 Å². The van der Waals surface area contributed by atoms with E-state index in [1.807, 2.05) is 92.2 Å². The van der Waals surface area contributed by atoms with Crippen LogP contribution in [0.3, 0.4) is 0 Å². The van der Waals surface area contributed by atoms with Gasteiger partial charge < -0.3 is 40.4 Å². The summed E-state index contributed by atoms with van der Waals surface area (Å²) in [5.41, 5.74) is 4.10. The molecule has 19 heteroatoms. The lowest BCUT2D eigenvalue weighted by molar-refractivity contribution is 0.00899. The van der Waals surface area contributed by atoms with Crippen LogP contribution >= 0.6 is 11.6 Å². The summed E-state index contributed by atoms with van der Waals surface area (Å²) in [5.74, 6) is 0.951. The summed E-state index contributed by atoms with van der Waals surface area (Å²) >= 11 is 6.09. The zero-order valence-electron chi connectivity index (χ0n) is 40.9. The number of aryl methyl sites for hydroxylation is 2. The lowest BCUT2D eigenvalue weighted by Gasteiger charge is -2.35. The van der Waals surface area contributed by atoms with E-state index in [1.54, 1.807) is 9.42 Å². The molecule has 4 aromatic heterocycles. The van der Waals surface area contributed by atoms with Crippen molar-refractivity contribution in [1.82, 2.24) is 55.4 Å². The van der Waals surface area contributed by atoms with Crippen molar-refractivity contribution < 1.29 is 28.6 Å². The molecule has 0 spiro atoms. The number of nitrogens with zero attached hydrogens (tertiary/aromatic N) is 8. The molecule has 0 aliphatic carbocycles. The number of ether oxygens (including phenoxy) is 3. The van der Waals surface area contributed by atoms with E-state index in [9.17, 15) is 14.4 Å². The van der Waals surface area contributed by atoms with Crippen LogP contribution in [-0.2, 0) is 14.2 Å². The zero-order valence-corrected chi connectivity index (χ0v) is 41.7. The molecule has 66 heavy (non-hydrogen) atoms. The predicted octanol–water partition coefficient (Wildman–Crippen LogP) is 7.98. The number of halogens is 1. The van der Waals surface area contributed by atoms with Crippen molar-refractivity contribution in [2.75, 3.05) is 44.2 Å². The van der Waals surface area contributed by atoms with Crippen LogP contribution < -0.4 is 26.2 Å². The van der Waals surface area contributed by atoms with E-state index >= 15 is 0 Å². The van der Waals surface area contributed by atoms with Crippen molar-refractivity contribution >= 4 is 47.0 Å². The zero-order chi connectivity index (χ0) is 48.0. The van der Waals surface area contributed by atoms with Crippen LogP contribution in [0.1, 0.15) is 148 Å². The van der Waals surface area contributed by atoms with E-state index in [4.69, 9.17) is 35.9 Å². The largest absolute Gasteiger partial charge is 0.444 e. The summed E-state index contributed by atoms with van der Waals surface area (Å²) in [5, 5.41) is 22.1. The van der Waals surface area contributed by atoms with Crippen molar-refractivity contribution in [3.63, 3.8) is 0 Å². The second kappa shape index (κ2) is 21.3. The molecule has 4 aliphatic heterocycles. The molecule has 0 saturated carbocycles. The Hall–Kier alpha value is -4.94. The molecular weight excluding hydrogens is 864 g/mol. The normalized spacial score (nSPS) is 21.4. The van der Waals surface area contributed by atoms with Gasteiger partial charge in [0.2, 0.25) is 0 Å². The fourth-order valence-electron chi connectivity index (χ4n) is 8.35. The van der Waals surface area contributed by atoms with E-state index in [2.05, 4.69) is 49.2 Å². The maximum atomic E-state index is 12.6. The molecule has 0 aromatic carbocycles. The first kappa shape index (κ1) is 50.5. The topological polar surface area (TPSA) is 194 Å². The van der Waals surface area contributed by atoms with Gasteiger partial charge >= 0.3 is 18.3 Å². The molecule has 364 valence electrons. The van der Waals surface area contributed by atoms with E-state index in [0.29, 0.717) is 17.7 Å². The van der Waals surface area contributed by atoms with Gasteiger partial charge in [0, 0.05) is 32.2 Å². The van der Waals surface area contributed by atoms with Crippen molar-refractivity contribution in [3.8, 4) is 0 Å². The molecule has 8 rings (SSSR count). The molecule has 0 unspecified atom stereocenters. The van der Waals surface area contributed by atoms with Crippen LogP contribution in [0.2, 0.25) is 5.15 Å². The minimum absolute atomic E-state index is 0.0616. The van der Waals surface area contributed by atoms with E-state index in [0.717, 1.165) is 111 Å². The minimum Gasteiger partial charge on any atom is -0.444 e. The van der Waals surface area contributed by atoms with E-state index in [-0.39, 0.29) is 36.4 Å². The maximum absolute atomic E-state index is 12.6. The van der Waals surface area contributed by atoms with E-state index < -0.39 is 16.8 Å². The molecular formula is C47H73ClN12O6. The van der Waals surface area contributed by atoms with Gasteiger partial charge in [-0.05, 0) is 157 Å². The molecule has 4 aliphatic rings. The lowest BCUT2D eigenvalue weighted by atomic mass is 10.0. The number of amides is 3. The number of carbonyl (C=O) groups excluding carboxylic acids is 3. The van der Waals surface area contributed by atoms with Gasteiger partial charge in [0.1, 0.15) is 16.8 Å². The summed E-state index contributed by atoms with van der Waals surface area (Å²) in [4.78, 5) is 49.3. The number of alkyl carbamates (subject to hydrolysis) is 2. The number of nitrogens with one attached hydrogen (secondary N) is 4. The third-order valence-electron chi connectivity index (χ3n) is 11.4. The SMILES string of the molecule is CC(C)(C)OC(=O)N[C@H]1CCNC1.Cc1cc2nc([C@@H]3CCCCN3)cn2nc1N1CC[C@H](NC(=O)OC(C)(C)C)C1.Cc1cc2nc([C@@H]3CCCCN3C(=O)OC(C)(C)C)cn2nc1Cl. The fourth-order valence-corrected chi connectivity index (χ4v) is 8.49. The molecule has 4 saturated heterocycles. The quantitative estimate of drug-likeness (QED) is 0.141. The highest BCUT2D eigenvalue weighted by molar-refractivity contribution is 6.30. The number of likely N-dealkylation sites (tertiary alicyclic amines) is 1. The first-order chi connectivity index (χ1) is 31.0. The first-order valence-corrected chi connectivity index (χ1v) is 23.9. The van der Waals surface area contributed by atoms with Crippen LogP contribution in [0.5, 0.6) is 0 Å². The summed E-state index contributed by atoms with van der Waals surface area (Å²) in [6, 6.07) is 4.53. The lowest BCUT2D eigenvalue weighted by Crippen LogP contribution is -2.42. The Morgan fingerprint density at radius 1 is 0.697 bits per heavy atom. The standard InChI is InChI=1S/C21H32N6O2.C17H23ClN4O2.C9H18N2O2/c1-14-11-18-24-17(16-7-5-6-9-22-16)13-27(18)25-19(14)26-10-8-15(12-26)23-20(28)29-21(2,3)4;1-11-9-14-19-12(10-22(14)20-15(11)18)13-7-5-6-8-21(13)16(23)24-17(2,3)4;1-9(2,3)13-8(12)11-7-4-5-10-6-7/h11,13,15-16,22H,5-10,12H2,1-4H3,(H,23,28);9-10,13H,5-8H2,1-4H3;7,10H,4-6H2,1-3H3,(H,11,12)/t15-,16-;13-;7-/m000/s1. The number of rotatable bonds is 5. The van der Waals surface area contributed by atoms with Gasteiger partial charge in [-0.3, -0.25) is 4.90 Å². The summed E-state index contributed by atoms with van der Waals surface area (Å²) in [6.07, 6.45) is 11.3. The molecule has 4 fully saturated rings. The third kappa shape index (κ3) is 14.5. The molecule has 0 bridgehead atoms. The fraction of sp³-hybridized carbons (Fsp3) is 0.681. The van der Waals surface area contributed by atoms with Gasteiger partial charge in [-0.1, -0.05) is 18.0 Å². The molecule has 4 aromatic rings. The van der Waals surface area contributed by atoms with Crippen LogP contribution in [-0.4, -0.2) is 121 Å². The number of aromatic nitrogens is 6. The predicted molar refractivity (Wildman–Crippen MR) is 255 cm³/mol. The van der Waals surface area contributed by atoms with Crippen molar-refractivity contribution in [1.29, 1.82) is 0 Å². The van der Waals surface area contributed by atoms with Gasteiger partial charge in [0.05, 0.1) is 41.9 Å². The van der Waals surface area contributed by atoms with Crippen molar-refractivity contribution in [2.45, 2.75) is 168 Å². The van der Waals surface area contributed by atoms with Crippen LogP contribution in [0.15, 0.2) is 24.5 Å². The van der Waals surface area contributed by atoms with E-state index in [1.165, 1.54) is 12.8 Å². The smallest absolute Gasteiger partial charge is 0.410 e. The maximum Gasteiger partial charge on any atom is 0.410 e. The highest BCUT2D eigenvalue weighted by Crippen LogP contribution is 2.32. The minimum atomic E-state index is -0.510. The number of carbonyl (C=O) groups is 3. The molecule has 4 atom stereocenters. The Balaban J connectivity index is 0.000000175. The Morgan fingerprint density at radius 2 is 1.30 bits per heavy atom. The number of imidazole rings is 2. The van der Waals surface area contributed by atoms with Crippen LogP contribution in [0.25, 0.3) is 11.3 Å². The van der Waals surface area contributed by atoms with Gasteiger partial charge in [-0.15, -0.1) is 5.10 Å². The number of fused-ring (bicyclic) bond motifs is 2. The van der Waals surface area contributed by atoms with Crippen molar-refractivity contribution in [2.24, 2.45) is 0 Å². The second-order valence-corrected chi connectivity index (χ2v) is 21.2. The Kier molecular flexibility index (Phi) is 16.3. The molecule has 3 amide bonds. The third-order valence-corrected chi connectivity index (χ3v) is 11.7. The van der Waals surface area contributed by atoms with Crippen LogP contribution in [0.4, 0.5) is 20.2 Å². The molecule has 0 radical (unpaired) electrons. The van der Waals surface area contributed by atoms with Gasteiger partial charge in [0.25, 0.3) is 0 Å². The highest BCUT2D eigenvalue weighted by atomic mass is 35.5. The van der Waals surface area contributed by atoms with Gasteiger partial charge in [0.15, 0.2) is 22.3 Å². The number of anilines is 1. The van der Waals surface area contributed by atoms with Gasteiger partial charge in [-0.25, -0.2) is 33.4 Å². The Bertz CT molecular complexity index is 2240. The average Bonchev–Trinajstić information content (AvgIpc) is 4.05. The molecule has 4 N–H and O–H groups in total. The first-order valence-electron chi connectivity index (χ1n) is 23.6. The average molecular weight is 938 g/mol. The monoisotopic (exact) mass is 937 g/mol. The number of piperidine rings is 2. The number of hydrogen-bond acceptors (Lipinski definition) is 13. The highest BCUT2D eigenvalue weighted by Gasteiger charge is 2.34. The van der Waals surface area contributed by atoms with Crippen molar-refractivity contribution in [3.05, 3.63) is 52.2 Å². The Labute approximate surface area is 394 Å². The van der Waals surface area contributed by atoms with Gasteiger partial charge in [-0.2, -0.15) is 5.10 Å². The summed E-state index contributed by atoms with van der Waals surface area (Å²) in [6.45, 7) is 25.9. The second-order valence-electron chi connectivity index (χ2n) is 20.8.